The van der Waals surface area contributed by atoms with Gasteiger partial charge in [0.2, 0.25) is 0 Å². The summed E-state index contributed by atoms with van der Waals surface area (Å²) in [6.07, 6.45) is 5.68. The van der Waals surface area contributed by atoms with Gasteiger partial charge in [0.1, 0.15) is 0 Å². The van der Waals surface area contributed by atoms with Gasteiger partial charge in [0.15, 0.2) is 0 Å². The molecular formula is C13H18N4O3. The van der Waals surface area contributed by atoms with Crippen molar-refractivity contribution in [2.75, 3.05) is 0 Å². The summed E-state index contributed by atoms with van der Waals surface area (Å²) in [7, 11) is 0. The molecule has 2 saturated heterocycles. The van der Waals surface area contributed by atoms with Gasteiger partial charge < -0.3 is 15.3 Å². The maximum Gasteiger partial charge on any atom is 0.318 e. The largest absolute Gasteiger partial charge is 0.481 e. The predicted molar refractivity (Wildman–Crippen MR) is 69.9 cm³/mol. The molecule has 4 atom stereocenters. The van der Waals surface area contributed by atoms with Crippen molar-refractivity contribution in [2.45, 2.75) is 44.3 Å². The molecule has 0 radical (unpaired) electrons. The third-order valence-electron chi connectivity index (χ3n) is 4.45. The van der Waals surface area contributed by atoms with Crippen molar-refractivity contribution in [2.24, 2.45) is 5.92 Å². The minimum Gasteiger partial charge on any atom is -0.481 e. The lowest BCUT2D eigenvalue weighted by Gasteiger charge is -2.25. The lowest BCUT2D eigenvalue weighted by molar-refractivity contribution is -0.142. The molecule has 108 valence electrons. The SMILES string of the molecule is CC(NC(=O)N1C2CCC1C(C(=O)O)C2)c1cn[nH]c1. The van der Waals surface area contributed by atoms with Crippen LogP contribution in [-0.4, -0.2) is 44.3 Å². The molecule has 1 aromatic rings. The molecule has 2 aliphatic heterocycles. The topological polar surface area (TPSA) is 98.3 Å². The molecule has 3 heterocycles. The van der Waals surface area contributed by atoms with Crippen molar-refractivity contribution in [3.63, 3.8) is 0 Å². The van der Waals surface area contributed by atoms with Crippen LogP contribution in [0.1, 0.15) is 37.8 Å². The fourth-order valence-corrected chi connectivity index (χ4v) is 3.41. The van der Waals surface area contributed by atoms with Gasteiger partial charge in [-0.15, -0.1) is 0 Å². The molecule has 3 N–H and O–H groups in total. The van der Waals surface area contributed by atoms with Crippen LogP contribution in [0.3, 0.4) is 0 Å². The van der Waals surface area contributed by atoms with E-state index in [1.165, 1.54) is 0 Å². The molecular weight excluding hydrogens is 260 g/mol. The van der Waals surface area contributed by atoms with Gasteiger partial charge in [-0.1, -0.05) is 0 Å². The summed E-state index contributed by atoms with van der Waals surface area (Å²) in [6, 6.07) is -0.411. The smallest absolute Gasteiger partial charge is 0.318 e. The number of urea groups is 1. The summed E-state index contributed by atoms with van der Waals surface area (Å²) >= 11 is 0. The van der Waals surface area contributed by atoms with Gasteiger partial charge in [-0.3, -0.25) is 9.89 Å². The highest BCUT2D eigenvalue weighted by atomic mass is 16.4. The Labute approximate surface area is 116 Å². The minimum atomic E-state index is -0.794. The van der Waals surface area contributed by atoms with E-state index in [2.05, 4.69) is 15.5 Å². The van der Waals surface area contributed by atoms with Gasteiger partial charge in [0, 0.05) is 23.8 Å². The molecule has 4 unspecified atom stereocenters. The van der Waals surface area contributed by atoms with Crippen molar-refractivity contribution in [1.29, 1.82) is 0 Å². The summed E-state index contributed by atoms with van der Waals surface area (Å²) in [5.41, 5.74) is 0.902. The third kappa shape index (κ3) is 2.03. The maximum absolute atomic E-state index is 12.4. The Morgan fingerprint density at radius 1 is 1.55 bits per heavy atom. The molecule has 7 heteroatoms. The summed E-state index contributed by atoms with van der Waals surface area (Å²) in [4.78, 5) is 25.3. The van der Waals surface area contributed by atoms with Gasteiger partial charge in [-0.25, -0.2) is 4.79 Å². The van der Waals surface area contributed by atoms with E-state index in [9.17, 15) is 14.7 Å². The number of carboxylic acid groups (broad SMARTS) is 1. The van der Waals surface area contributed by atoms with Crippen LogP contribution >= 0.6 is 0 Å². The van der Waals surface area contributed by atoms with E-state index in [0.29, 0.717) is 6.42 Å². The highest BCUT2D eigenvalue weighted by Crippen LogP contribution is 2.41. The molecule has 2 aliphatic rings. The van der Waals surface area contributed by atoms with E-state index in [4.69, 9.17) is 0 Å². The first-order valence-corrected chi connectivity index (χ1v) is 6.88. The van der Waals surface area contributed by atoms with Crippen molar-refractivity contribution < 1.29 is 14.7 Å². The van der Waals surface area contributed by atoms with Crippen LogP contribution in [0.25, 0.3) is 0 Å². The van der Waals surface area contributed by atoms with Crippen LogP contribution in [0.4, 0.5) is 4.79 Å². The lowest BCUT2D eigenvalue weighted by Crippen LogP contribution is -2.45. The van der Waals surface area contributed by atoms with E-state index in [1.54, 1.807) is 17.3 Å². The normalized spacial score (nSPS) is 29.4. The highest BCUT2D eigenvalue weighted by molar-refractivity contribution is 5.79. The molecule has 7 nitrogen and oxygen atoms in total. The van der Waals surface area contributed by atoms with Crippen molar-refractivity contribution >= 4 is 12.0 Å². The first-order chi connectivity index (χ1) is 9.58. The number of aromatic nitrogens is 2. The third-order valence-corrected chi connectivity index (χ3v) is 4.45. The maximum atomic E-state index is 12.4. The van der Waals surface area contributed by atoms with Crippen LogP contribution < -0.4 is 5.32 Å². The van der Waals surface area contributed by atoms with Crippen LogP contribution in [0.5, 0.6) is 0 Å². The number of hydrogen-bond acceptors (Lipinski definition) is 3. The zero-order valence-corrected chi connectivity index (χ0v) is 11.2. The second kappa shape index (κ2) is 4.81. The van der Waals surface area contributed by atoms with E-state index in [1.807, 2.05) is 6.92 Å². The van der Waals surface area contributed by atoms with Crippen molar-refractivity contribution in [1.82, 2.24) is 20.4 Å². The van der Waals surface area contributed by atoms with Crippen molar-refractivity contribution in [3.05, 3.63) is 18.0 Å². The molecule has 0 aliphatic carbocycles. The van der Waals surface area contributed by atoms with E-state index >= 15 is 0 Å². The summed E-state index contributed by atoms with van der Waals surface area (Å²) in [6.45, 7) is 1.88. The molecule has 2 amide bonds. The number of H-pyrrole nitrogens is 1. The van der Waals surface area contributed by atoms with Crippen LogP contribution in [-0.2, 0) is 4.79 Å². The monoisotopic (exact) mass is 278 g/mol. The van der Waals surface area contributed by atoms with Crippen LogP contribution in [0.15, 0.2) is 12.4 Å². The Hall–Kier alpha value is -2.05. The molecule has 0 aromatic carbocycles. The van der Waals surface area contributed by atoms with Gasteiger partial charge in [-0.2, -0.15) is 5.10 Å². The number of carbonyl (C=O) groups excluding carboxylic acids is 1. The number of aliphatic carboxylic acids is 1. The van der Waals surface area contributed by atoms with E-state index < -0.39 is 11.9 Å². The number of carbonyl (C=O) groups is 2. The summed E-state index contributed by atoms with van der Waals surface area (Å²) < 4.78 is 0. The predicted octanol–water partition coefficient (Wildman–Crippen LogP) is 1.12. The first-order valence-electron chi connectivity index (χ1n) is 6.88. The molecule has 20 heavy (non-hydrogen) atoms. The zero-order chi connectivity index (χ0) is 14.3. The molecule has 3 rings (SSSR count). The number of amides is 2. The number of hydrogen-bond donors (Lipinski definition) is 3. The molecule has 2 bridgehead atoms. The fourth-order valence-electron chi connectivity index (χ4n) is 3.41. The second-order valence-corrected chi connectivity index (χ2v) is 5.59. The van der Waals surface area contributed by atoms with E-state index in [0.717, 1.165) is 18.4 Å². The van der Waals surface area contributed by atoms with Crippen molar-refractivity contribution in [3.8, 4) is 0 Å². The Morgan fingerprint density at radius 2 is 2.35 bits per heavy atom. The number of nitrogens with zero attached hydrogens (tertiary/aromatic N) is 2. The van der Waals surface area contributed by atoms with Gasteiger partial charge >= 0.3 is 12.0 Å². The molecule has 1 aromatic heterocycles. The van der Waals surface area contributed by atoms with Gasteiger partial charge in [-0.05, 0) is 26.2 Å². The molecule has 0 saturated carbocycles. The Bertz CT molecular complexity index is 516. The van der Waals surface area contributed by atoms with Crippen LogP contribution in [0, 0.1) is 5.92 Å². The zero-order valence-electron chi connectivity index (χ0n) is 11.2. The standard InChI is InChI=1S/C13H18N4O3/c1-7(8-5-14-15-6-8)16-13(20)17-9-2-3-11(17)10(4-9)12(18)19/h5-7,9-11H,2-4H2,1H3,(H,14,15)(H,16,20)(H,18,19). The Balaban J connectivity index is 1.68. The quantitative estimate of drug-likeness (QED) is 0.771. The average molecular weight is 278 g/mol. The molecule has 0 spiro atoms. The summed E-state index contributed by atoms with van der Waals surface area (Å²) in [5, 5.41) is 18.7. The molecule has 2 fully saturated rings. The minimum absolute atomic E-state index is 0.0673. The Morgan fingerprint density at radius 3 is 2.95 bits per heavy atom. The van der Waals surface area contributed by atoms with Gasteiger partial charge in [0.05, 0.1) is 18.2 Å². The number of carboxylic acids is 1. The second-order valence-electron chi connectivity index (χ2n) is 5.59. The first kappa shape index (κ1) is 13.0. The highest BCUT2D eigenvalue weighted by Gasteiger charge is 2.51. The number of nitrogens with one attached hydrogen (secondary N) is 2. The number of aromatic amines is 1. The Kier molecular flexibility index (Phi) is 3.11. The van der Waals surface area contributed by atoms with E-state index in [-0.39, 0.29) is 24.2 Å². The fraction of sp³-hybridized carbons (Fsp3) is 0.615. The lowest BCUT2D eigenvalue weighted by atomic mass is 9.89. The summed E-state index contributed by atoms with van der Waals surface area (Å²) in [5.74, 6) is -1.21. The number of fused-ring (bicyclic) bond motifs is 2. The van der Waals surface area contributed by atoms with Crippen LogP contribution in [0.2, 0.25) is 0 Å². The average Bonchev–Trinajstić information content (AvgIpc) is 3.13. The van der Waals surface area contributed by atoms with Gasteiger partial charge in [0.25, 0.3) is 0 Å². The number of rotatable bonds is 3.